The number of fused-ring (bicyclic) bond motifs is 1. The molecular weight excluding hydrogens is 347 g/mol. The van der Waals surface area contributed by atoms with Gasteiger partial charge in [0, 0.05) is 24.8 Å². The quantitative estimate of drug-likeness (QED) is 0.776. The molecular formula is C17H12F3N5O. The number of alkyl halides is 3. The molecule has 0 aliphatic rings. The third-order valence-electron chi connectivity index (χ3n) is 3.65. The highest BCUT2D eigenvalue weighted by molar-refractivity contribution is 5.94. The van der Waals surface area contributed by atoms with Gasteiger partial charge in [-0.3, -0.25) is 4.79 Å². The van der Waals surface area contributed by atoms with Crippen LogP contribution < -0.4 is 5.32 Å². The lowest BCUT2D eigenvalue weighted by atomic mass is 10.1. The number of nitriles is 1. The molecule has 2 aromatic heterocycles. The first-order chi connectivity index (χ1) is 12.4. The van der Waals surface area contributed by atoms with Crippen molar-refractivity contribution >= 4 is 17.1 Å². The van der Waals surface area contributed by atoms with Crippen molar-refractivity contribution in [1.29, 1.82) is 5.26 Å². The SMILES string of the molecule is N#Cc1ccc(C(=O)NCCn2c(C(F)(F)F)nc3cccnc32)cc1. The number of halogens is 3. The molecule has 6 nitrogen and oxygen atoms in total. The van der Waals surface area contributed by atoms with E-state index in [1.165, 1.54) is 42.6 Å². The lowest BCUT2D eigenvalue weighted by molar-refractivity contribution is -0.146. The molecule has 0 unspecified atom stereocenters. The Kier molecular flexibility index (Phi) is 4.58. The zero-order valence-electron chi connectivity index (χ0n) is 13.3. The topological polar surface area (TPSA) is 83.6 Å². The molecule has 0 saturated carbocycles. The standard InChI is InChI=1S/C17H12F3N5O/c18-17(19,20)16-24-13-2-1-7-22-14(13)25(16)9-8-23-15(26)12-5-3-11(10-21)4-6-12/h1-7H,8-9H2,(H,23,26). The summed E-state index contributed by atoms with van der Waals surface area (Å²) in [6.45, 7) is -0.172. The lowest BCUT2D eigenvalue weighted by Crippen LogP contribution is -2.28. The Balaban J connectivity index is 1.75. The molecule has 1 aromatic carbocycles. The van der Waals surface area contributed by atoms with Crippen LogP contribution in [-0.2, 0) is 12.7 Å². The largest absolute Gasteiger partial charge is 0.449 e. The van der Waals surface area contributed by atoms with Gasteiger partial charge in [0.15, 0.2) is 5.65 Å². The van der Waals surface area contributed by atoms with E-state index in [1.807, 2.05) is 6.07 Å². The minimum Gasteiger partial charge on any atom is -0.350 e. The Labute approximate surface area is 145 Å². The van der Waals surface area contributed by atoms with Gasteiger partial charge in [-0.15, -0.1) is 0 Å². The van der Waals surface area contributed by atoms with Gasteiger partial charge in [0.25, 0.3) is 5.91 Å². The molecule has 3 aromatic rings. The molecule has 0 radical (unpaired) electrons. The van der Waals surface area contributed by atoms with E-state index in [2.05, 4.69) is 15.3 Å². The highest BCUT2D eigenvalue weighted by atomic mass is 19.4. The molecule has 132 valence electrons. The van der Waals surface area contributed by atoms with Crippen LogP contribution in [0.2, 0.25) is 0 Å². The zero-order chi connectivity index (χ0) is 18.7. The Morgan fingerprint density at radius 1 is 1.23 bits per heavy atom. The Hall–Kier alpha value is -3.41. The number of nitrogens with zero attached hydrogens (tertiary/aromatic N) is 4. The average Bonchev–Trinajstić information content (AvgIpc) is 3.01. The molecule has 9 heteroatoms. The van der Waals surface area contributed by atoms with E-state index in [4.69, 9.17) is 5.26 Å². The van der Waals surface area contributed by atoms with E-state index in [-0.39, 0.29) is 24.3 Å². The van der Waals surface area contributed by atoms with Crippen LogP contribution in [0.4, 0.5) is 13.2 Å². The summed E-state index contributed by atoms with van der Waals surface area (Å²) < 4.78 is 40.5. The van der Waals surface area contributed by atoms with Crippen molar-refractivity contribution in [3.05, 3.63) is 59.5 Å². The minimum atomic E-state index is -4.63. The van der Waals surface area contributed by atoms with Crippen LogP contribution in [-0.4, -0.2) is 27.0 Å². The number of benzene rings is 1. The van der Waals surface area contributed by atoms with Crippen LogP contribution in [0, 0.1) is 11.3 Å². The lowest BCUT2D eigenvalue weighted by Gasteiger charge is -2.11. The van der Waals surface area contributed by atoms with Crippen LogP contribution in [0.5, 0.6) is 0 Å². The van der Waals surface area contributed by atoms with Gasteiger partial charge < -0.3 is 9.88 Å². The number of pyridine rings is 1. The number of imidazole rings is 1. The van der Waals surface area contributed by atoms with Crippen molar-refractivity contribution in [3.8, 4) is 6.07 Å². The second-order valence-corrected chi connectivity index (χ2v) is 5.38. The summed E-state index contributed by atoms with van der Waals surface area (Å²) in [4.78, 5) is 19.6. The van der Waals surface area contributed by atoms with E-state index >= 15 is 0 Å². The molecule has 0 fully saturated rings. The van der Waals surface area contributed by atoms with Crippen LogP contribution in [0.3, 0.4) is 0 Å². The molecule has 0 aliphatic heterocycles. The fraction of sp³-hybridized carbons (Fsp3) is 0.176. The maximum absolute atomic E-state index is 13.2. The summed E-state index contributed by atoms with van der Waals surface area (Å²) in [7, 11) is 0. The summed E-state index contributed by atoms with van der Waals surface area (Å²) in [6.07, 6.45) is -3.24. The number of carbonyl (C=O) groups is 1. The zero-order valence-corrected chi connectivity index (χ0v) is 13.3. The van der Waals surface area contributed by atoms with E-state index in [9.17, 15) is 18.0 Å². The number of aromatic nitrogens is 3. The predicted octanol–water partition coefficient (Wildman–Crippen LogP) is 2.75. The highest BCUT2D eigenvalue weighted by Crippen LogP contribution is 2.30. The number of hydrogen-bond donors (Lipinski definition) is 1. The molecule has 2 heterocycles. The van der Waals surface area contributed by atoms with Crippen molar-refractivity contribution in [1.82, 2.24) is 19.9 Å². The molecule has 0 saturated heterocycles. The molecule has 1 amide bonds. The number of nitrogens with one attached hydrogen (secondary N) is 1. The normalized spacial score (nSPS) is 11.3. The molecule has 0 bridgehead atoms. The maximum atomic E-state index is 13.2. The van der Waals surface area contributed by atoms with Crippen molar-refractivity contribution < 1.29 is 18.0 Å². The fourth-order valence-electron chi connectivity index (χ4n) is 2.47. The summed E-state index contributed by atoms with van der Waals surface area (Å²) >= 11 is 0. The first kappa shape index (κ1) is 17.4. The smallest absolute Gasteiger partial charge is 0.350 e. The molecule has 0 aliphatic carbocycles. The van der Waals surface area contributed by atoms with Gasteiger partial charge in [-0.2, -0.15) is 18.4 Å². The summed E-state index contributed by atoms with van der Waals surface area (Å²) in [5.74, 6) is -1.50. The second-order valence-electron chi connectivity index (χ2n) is 5.38. The number of carbonyl (C=O) groups excluding carboxylic acids is 1. The first-order valence-corrected chi connectivity index (χ1v) is 7.57. The van der Waals surface area contributed by atoms with Gasteiger partial charge in [-0.25, -0.2) is 9.97 Å². The maximum Gasteiger partial charge on any atom is 0.449 e. The Morgan fingerprint density at radius 2 is 1.96 bits per heavy atom. The summed E-state index contributed by atoms with van der Waals surface area (Å²) in [5.41, 5.74) is 0.965. The number of amides is 1. The van der Waals surface area contributed by atoms with Gasteiger partial charge in [0.05, 0.1) is 11.6 Å². The molecule has 3 rings (SSSR count). The van der Waals surface area contributed by atoms with Crippen molar-refractivity contribution in [3.63, 3.8) is 0 Å². The molecule has 0 spiro atoms. The van der Waals surface area contributed by atoms with Gasteiger partial charge in [-0.05, 0) is 36.4 Å². The predicted molar refractivity (Wildman–Crippen MR) is 86.0 cm³/mol. The Bertz CT molecular complexity index is 986. The van der Waals surface area contributed by atoms with Gasteiger partial charge in [0.1, 0.15) is 5.52 Å². The van der Waals surface area contributed by atoms with E-state index in [1.54, 1.807) is 0 Å². The van der Waals surface area contributed by atoms with E-state index < -0.39 is 17.9 Å². The second kappa shape index (κ2) is 6.84. The van der Waals surface area contributed by atoms with Crippen molar-refractivity contribution in [2.45, 2.75) is 12.7 Å². The number of hydrogen-bond acceptors (Lipinski definition) is 4. The van der Waals surface area contributed by atoms with Crippen LogP contribution in [0.25, 0.3) is 11.2 Å². The van der Waals surface area contributed by atoms with Crippen LogP contribution in [0.1, 0.15) is 21.7 Å². The van der Waals surface area contributed by atoms with Gasteiger partial charge in [-0.1, -0.05) is 0 Å². The fourth-order valence-corrected chi connectivity index (χ4v) is 2.47. The number of rotatable bonds is 4. The monoisotopic (exact) mass is 359 g/mol. The molecule has 0 atom stereocenters. The van der Waals surface area contributed by atoms with Crippen molar-refractivity contribution in [2.75, 3.05) is 6.54 Å². The molecule has 26 heavy (non-hydrogen) atoms. The Morgan fingerprint density at radius 3 is 2.62 bits per heavy atom. The van der Waals surface area contributed by atoms with Crippen LogP contribution in [0.15, 0.2) is 42.6 Å². The third-order valence-corrected chi connectivity index (χ3v) is 3.65. The summed E-state index contributed by atoms with van der Waals surface area (Å²) in [6, 6.07) is 10.8. The minimum absolute atomic E-state index is 0.0377. The average molecular weight is 359 g/mol. The van der Waals surface area contributed by atoms with E-state index in [0.29, 0.717) is 11.1 Å². The van der Waals surface area contributed by atoms with Crippen molar-refractivity contribution in [2.24, 2.45) is 0 Å². The van der Waals surface area contributed by atoms with Crippen LogP contribution >= 0.6 is 0 Å². The third kappa shape index (κ3) is 3.49. The van der Waals surface area contributed by atoms with E-state index in [0.717, 1.165) is 4.57 Å². The van der Waals surface area contributed by atoms with Gasteiger partial charge in [0.2, 0.25) is 5.82 Å². The molecule has 1 N–H and O–H groups in total. The van der Waals surface area contributed by atoms with Gasteiger partial charge >= 0.3 is 6.18 Å². The highest BCUT2D eigenvalue weighted by Gasteiger charge is 2.37. The first-order valence-electron chi connectivity index (χ1n) is 7.57. The summed E-state index contributed by atoms with van der Waals surface area (Å²) in [5, 5.41) is 11.3.